The van der Waals surface area contributed by atoms with E-state index in [2.05, 4.69) is 5.32 Å². The second-order valence-electron chi connectivity index (χ2n) is 3.41. The van der Waals surface area contributed by atoms with Crippen LogP contribution in [0.15, 0.2) is 0 Å². The highest BCUT2D eigenvalue weighted by Crippen LogP contribution is 1.92. The Morgan fingerprint density at radius 2 is 1.79 bits per heavy atom. The van der Waals surface area contributed by atoms with E-state index in [9.17, 15) is 22.8 Å². The van der Waals surface area contributed by atoms with Crippen LogP contribution in [0.5, 0.6) is 0 Å². The molecular weight excluding hydrogens is 282 g/mol. The summed E-state index contributed by atoms with van der Waals surface area (Å²) in [6.07, 6.45) is -0.780. The smallest absolute Gasteiger partial charge is 0.326 e. The van der Waals surface area contributed by atoms with Crippen LogP contribution in [-0.4, -0.2) is 62.0 Å². The Morgan fingerprint density at radius 3 is 2.21 bits per heavy atom. The fourth-order valence-corrected chi connectivity index (χ4v) is 1.56. The van der Waals surface area contributed by atoms with Crippen molar-refractivity contribution in [1.29, 1.82) is 0 Å². The number of hydrogen-bond acceptors (Lipinski definition) is 5. The monoisotopic (exact) mass is 297 g/mol. The average molecular weight is 297 g/mol. The van der Waals surface area contributed by atoms with Crippen molar-refractivity contribution in [3.63, 3.8) is 0 Å². The zero-order chi connectivity index (χ0) is 15.1. The van der Waals surface area contributed by atoms with Crippen molar-refractivity contribution in [2.45, 2.75) is 12.5 Å². The molecule has 10 nitrogen and oxygen atoms in total. The van der Waals surface area contributed by atoms with Crippen molar-refractivity contribution in [2.75, 3.05) is 19.3 Å². The van der Waals surface area contributed by atoms with Crippen molar-refractivity contribution >= 4 is 28.0 Å². The van der Waals surface area contributed by atoms with E-state index >= 15 is 0 Å². The first-order valence-electron chi connectivity index (χ1n) is 5.08. The molecule has 0 aliphatic carbocycles. The van der Waals surface area contributed by atoms with Crippen molar-refractivity contribution in [3.05, 3.63) is 0 Å². The maximum absolute atomic E-state index is 11.2. The molecule has 0 aliphatic rings. The highest BCUT2D eigenvalue weighted by Gasteiger charge is 2.22. The Bertz CT molecular complexity index is 447. The molecule has 0 rings (SSSR count). The molecule has 0 aliphatic heterocycles. The first-order chi connectivity index (χ1) is 8.68. The number of sulfonamides is 1. The van der Waals surface area contributed by atoms with Crippen LogP contribution < -0.4 is 15.4 Å². The van der Waals surface area contributed by atoms with Crippen LogP contribution in [-0.2, 0) is 19.6 Å². The summed E-state index contributed by atoms with van der Waals surface area (Å²) >= 11 is 0. The third kappa shape index (κ3) is 7.94. The molecule has 0 bridgehead atoms. The highest BCUT2D eigenvalue weighted by molar-refractivity contribution is 7.89. The Labute approximate surface area is 109 Å². The molecule has 0 spiro atoms. The quantitative estimate of drug-likeness (QED) is 0.338. The minimum atomic E-state index is -3.48. The van der Waals surface area contributed by atoms with Crippen LogP contribution in [0.4, 0.5) is 4.79 Å². The molecule has 0 fully saturated rings. The summed E-state index contributed by atoms with van der Waals surface area (Å²) in [6, 6.07) is -2.54. The molecule has 11 heteroatoms. The first kappa shape index (κ1) is 17.1. The van der Waals surface area contributed by atoms with Crippen LogP contribution in [0.3, 0.4) is 0 Å². The van der Waals surface area contributed by atoms with E-state index in [1.54, 1.807) is 0 Å². The Morgan fingerprint density at radius 1 is 1.21 bits per heavy atom. The molecule has 5 N–H and O–H groups in total. The largest absolute Gasteiger partial charge is 0.481 e. The summed E-state index contributed by atoms with van der Waals surface area (Å²) in [6.45, 7) is -0.242. The van der Waals surface area contributed by atoms with Gasteiger partial charge in [-0.05, 0) is 7.05 Å². The van der Waals surface area contributed by atoms with Gasteiger partial charge < -0.3 is 20.8 Å². The topological polar surface area (TPSA) is 162 Å². The molecular formula is C8H15N3O7S. The highest BCUT2D eigenvalue weighted by atomic mass is 32.2. The number of hydrogen-bond donors (Lipinski definition) is 5. The van der Waals surface area contributed by atoms with Crippen LogP contribution in [0.25, 0.3) is 0 Å². The van der Waals surface area contributed by atoms with E-state index in [-0.39, 0.29) is 12.3 Å². The fraction of sp³-hybridized carbons (Fsp3) is 0.625. The van der Waals surface area contributed by atoms with Crippen molar-refractivity contribution < 1.29 is 33.0 Å². The molecule has 0 saturated heterocycles. The van der Waals surface area contributed by atoms with Crippen LogP contribution in [0.2, 0.25) is 0 Å². The minimum Gasteiger partial charge on any atom is -0.481 e. The molecule has 1 atom stereocenters. The first-order valence-corrected chi connectivity index (χ1v) is 6.73. The lowest BCUT2D eigenvalue weighted by molar-refractivity contribution is -0.145. The van der Waals surface area contributed by atoms with E-state index in [0.717, 1.165) is 0 Å². The van der Waals surface area contributed by atoms with Gasteiger partial charge in [-0.1, -0.05) is 0 Å². The van der Waals surface area contributed by atoms with Gasteiger partial charge in [0.05, 0.1) is 12.2 Å². The zero-order valence-corrected chi connectivity index (χ0v) is 10.9. The maximum Gasteiger partial charge on any atom is 0.326 e. The average Bonchev–Trinajstić information content (AvgIpc) is 2.27. The standard InChI is InChI=1S/C8H15N3O7S/c1-9-19(17,18)3-2-10-8(16)11-5(7(14)15)4-6(12)13/h5,9H,2-4H2,1H3,(H,12,13)(H,14,15)(H2,10,11,16)/t5-/m1/s1. The molecule has 0 aromatic rings. The Balaban J connectivity index is 4.21. The normalized spacial score (nSPS) is 12.5. The predicted octanol–water partition coefficient (Wildman–Crippen LogP) is -2.24. The fourth-order valence-electron chi connectivity index (χ4n) is 0.985. The molecule has 0 aromatic carbocycles. The van der Waals surface area contributed by atoms with Crippen LogP contribution >= 0.6 is 0 Å². The summed E-state index contributed by atoms with van der Waals surface area (Å²) in [4.78, 5) is 32.2. The molecule has 0 aromatic heterocycles. The van der Waals surface area contributed by atoms with E-state index in [0.29, 0.717) is 0 Å². The van der Waals surface area contributed by atoms with Gasteiger partial charge in [-0.15, -0.1) is 0 Å². The number of carboxylic acid groups (broad SMARTS) is 2. The molecule has 0 unspecified atom stereocenters. The van der Waals surface area contributed by atoms with Crippen LogP contribution in [0, 0.1) is 0 Å². The number of rotatable bonds is 8. The molecule has 2 amide bonds. The number of carboxylic acids is 2. The second kappa shape index (κ2) is 7.53. The van der Waals surface area contributed by atoms with Crippen molar-refractivity contribution in [1.82, 2.24) is 15.4 Å². The number of urea groups is 1. The van der Waals surface area contributed by atoms with Gasteiger partial charge in [0.25, 0.3) is 0 Å². The van der Waals surface area contributed by atoms with Gasteiger partial charge in [0.15, 0.2) is 0 Å². The van der Waals surface area contributed by atoms with Gasteiger partial charge in [-0.2, -0.15) is 0 Å². The molecule has 0 radical (unpaired) electrons. The lowest BCUT2D eigenvalue weighted by Crippen LogP contribution is -2.48. The zero-order valence-electron chi connectivity index (χ0n) is 10.0. The van der Waals surface area contributed by atoms with Gasteiger partial charge in [0.1, 0.15) is 6.04 Å². The summed E-state index contributed by atoms with van der Waals surface area (Å²) in [5.41, 5.74) is 0. The van der Waals surface area contributed by atoms with Crippen molar-refractivity contribution in [2.24, 2.45) is 0 Å². The number of carbonyl (C=O) groups excluding carboxylic acids is 1. The summed E-state index contributed by atoms with van der Waals surface area (Å²) in [5.74, 6) is -3.26. The number of amides is 2. The van der Waals surface area contributed by atoms with Gasteiger partial charge in [-0.25, -0.2) is 22.7 Å². The summed E-state index contributed by atoms with van der Waals surface area (Å²) in [7, 11) is -2.27. The summed E-state index contributed by atoms with van der Waals surface area (Å²) < 4.78 is 24.0. The van der Waals surface area contributed by atoms with E-state index in [1.165, 1.54) is 7.05 Å². The SMILES string of the molecule is CNS(=O)(=O)CCNC(=O)N[C@H](CC(=O)O)C(=O)O. The molecule has 19 heavy (non-hydrogen) atoms. The van der Waals surface area contributed by atoms with E-state index in [4.69, 9.17) is 10.2 Å². The molecule has 0 saturated carbocycles. The minimum absolute atomic E-state index is 0.242. The van der Waals surface area contributed by atoms with Gasteiger partial charge in [-0.3, -0.25) is 4.79 Å². The van der Waals surface area contributed by atoms with E-state index < -0.39 is 40.5 Å². The van der Waals surface area contributed by atoms with Gasteiger partial charge in [0, 0.05) is 6.54 Å². The maximum atomic E-state index is 11.2. The van der Waals surface area contributed by atoms with Gasteiger partial charge >= 0.3 is 18.0 Å². The number of carbonyl (C=O) groups is 3. The lowest BCUT2D eigenvalue weighted by Gasteiger charge is -2.13. The third-order valence-electron chi connectivity index (χ3n) is 1.95. The summed E-state index contributed by atoms with van der Waals surface area (Å²) in [5, 5.41) is 21.1. The third-order valence-corrected chi connectivity index (χ3v) is 3.31. The molecule has 110 valence electrons. The molecule has 0 heterocycles. The number of aliphatic carboxylic acids is 2. The van der Waals surface area contributed by atoms with Crippen molar-refractivity contribution in [3.8, 4) is 0 Å². The van der Waals surface area contributed by atoms with E-state index in [1.807, 2.05) is 10.0 Å². The van der Waals surface area contributed by atoms with Gasteiger partial charge in [0.2, 0.25) is 10.0 Å². The Kier molecular flexibility index (Phi) is 6.79. The second-order valence-corrected chi connectivity index (χ2v) is 5.46. The predicted molar refractivity (Wildman–Crippen MR) is 63.1 cm³/mol. The Hall–Kier alpha value is -1.88. The number of nitrogens with one attached hydrogen (secondary N) is 3. The van der Waals surface area contributed by atoms with Crippen LogP contribution in [0.1, 0.15) is 6.42 Å². The lowest BCUT2D eigenvalue weighted by atomic mass is 10.2.